The fraction of sp³-hybridized carbons (Fsp3) is 0.200. The van der Waals surface area contributed by atoms with Crippen LogP contribution < -0.4 is 10.1 Å². The zero-order valence-corrected chi connectivity index (χ0v) is 15.4. The van der Waals surface area contributed by atoms with Crippen LogP contribution in [0.15, 0.2) is 48.5 Å². The molecule has 1 amide bonds. The Labute approximate surface area is 155 Å². The minimum absolute atomic E-state index is 0.211. The summed E-state index contributed by atoms with van der Waals surface area (Å²) in [5.74, 6) is 0.159. The second-order valence-electron chi connectivity index (χ2n) is 5.71. The van der Waals surface area contributed by atoms with E-state index < -0.39 is 0 Å². The molecule has 3 rings (SSSR count). The fourth-order valence-electron chi connectivity index (χ4n) is 2.55. The lowest BCUT2D eigenvalue weighted by Crippen LogP contribution is -2.12. The minimum atomic E-state index is -0.267. The van der Waals surface area contributed by atoms with E-state index in [-0.39, 0.29) is 11.7 Å². The predicted octanol–water partition coefficient (Wildman–Crippen LogP) is 4.83. The third-order valence-electron chi connectivity index (χ3n) is 3.75. The van der Waals surface area contributed by atoms with Gasteiger partial charge in [0.05, 0.1) is 23.0 Å². The molecule has 0 aliphatic heterocycles. The van der Waals surface area contributed by atoms with Crippen molar-refractivity contribution in [2.24, 2.45) is 0 Å². The number of hydrogen-bond acceptors (Lipinski definition) is 4. The van der Waals surface area contributed by atoms with Crippen LogP contribution in [0, 0.1) is 12.7 Å². The van der Waals surface area contributed by atoms with Gasteiger partial charge < -0.3 is 10.1 Å². The molecule has 0 aliphatic carbocycles. The van der Waals surface area contributed by atoms with Crippen LogP contribution in [-0.4, -0.2) is 17.5 Å². The first-order chi connectivity index (χ1) is 12.6. The summed E-state index contributed by atoms with van der Waals surface area (Å²) < 4.78 is 18.6. The lowest BCUT2D eigenvalue weighted by Gasteiger charge is -2.10. The Morgan fingerprint density at radius 1 is 1.19 bits per heavy atom. The number of nitrogens with one attached hydrogen (secondary N) is 1. The molecule has 26 heavy (non-hydrogen) atoms. The first-order valence-corrected chi connectivity index (χ1v) is 9.12. The van der Waals surface area contributed by atoms with Gasteiger partial charge in [0.15, 0.2) is 0 Å². The second kappa shape index (κ2) is 8.10. The first-order valence-electron chi connectivity index (χ1n) is 8.30. The molecule has 0 fully saturated rings. The molecule has 1 heterocycles. The Morgan fingerprint density at radius 2 is 1.92 bits per heavy atom. The topological polar surface area (TPSA) is 51.2 Å². The van der Waals surface area contributed by atoms with Gasteiger partial charge in [-0.05, 0) is 43.7 Å². The zero-order valence-electron chi connectivity index (χ0n) is 14.6. The second-order valence-corrected chi connectivity index (χ2v) is 6.79. The number of halogens is 1. The number of amides is 1. The highest BCUT2D eigenvalue weighted by Crippen LogP contribution is 2.27. The van der Waals surface area contributed by atoms with E-state index in [1.54, 1.807) is 18.2 Å². The van der Waals surface area contributed by atoms with Crippen LogP contribution in [0.4, 0.5) is 10.1 Å². The number of anilines is 1. The molecule has 0 saturated carbocycles. The normalized spacial score (nSPS) is 10.6. The number of nitrogens with zero attached hydrogens (tertiary/aromatic N) is 1. The van der Waals surface area contributed by atoms with E-state index in [9.17, 15) is 9.18 Å². The smallest absolute Gasteiger partial charge is 0.267 e. The van der Waals surface area contributed by atoms with Gasteiger partial charge in [0.2, 0.25) is 0 Å². The molecule has 2 aromatic carbocycles. The van der Waals surface area contributed by atoms with Crippen LogP contribution in [0.3, 0.4) is 0 Å². The summed E-state index contributed by atoms with van der Waals surface area (Å²) in [6, 6.07) is 13.6. The third kappa shape index (κ3) is 4.26. The van der Waals surface area contributed by atoms with Gasteiger partial charge in [-0.1, -0.05) is 24.3 Å². The Kier molecular flexibility index (Phi) is 5.63. The average molecular weight is 370 g/mol. The van der Waals surface area contributed by atoms with Crippen molar-refractivity contribution < 1.29 is 13.9 Å². The van der Waals surface area contributed by atoms with Crippen LogP contribution in [0.5, 0.6) is 5.75 Å². The molecule has 0 bridgehead atoms. The van der Waals surface area contributed by atoms with Crippen LogP contribution in [0.25, 0.3) is 0 Å². The molecule has 0 unspecified atom stereocenters. The molecule has 4 nitrogen and oxygen atoms in total. The van der Waals surface area contributed by atoms with E-state index in [1.807, 2.05) is 32.0 Å². The van der Waals surface area contributed by atoms with Gasteiger partial charge in [-0.25, -0.2) is 9.37 Å². The van der Waals surface area contributed by atoms with E-state index in [0.29, 0.717) is 35.0 Å². The number of carbonyl (C=O) groups is 1. The maximum Gasteiger partial charge on any atom is 0.267 e. The van der Waals surface area contributed by atoms with Crippen LogP contribution in [0.2, 0.25) is 0 Å². The zero-order chi connectivity index (χ0) is 18.5. The summed E-state index contributed by atoms with van der Waals surface area (Å²) >= 11 is 1.35. The summed E-state index contributed by atoms with van der Waals surface area (Å²) in [7, 11) is 0. The molecule has 1 aromatic heterocycles. The lowest BCUT2D eigenvalue weighted by atomic mass is 10.1. The van der Waals surface area contributed by atoms with Crippen molar-refractivity contribution >= 4 is 22.9 Å². The molecule has 3 aromatic rings. The van der Waals surface area contributed by atoms with E-state index in [0.717, 1.165) is 10.6 Å². The van der Waals surface area contributed by atoms with Crippen molar-refractivity contribution in [1.82, 2.24) is 4.98 Å². The number of aryl methyl sites for hydroxylation is 1. The van der Waals surface area contributed by atoms with Crippen molar-refractivity contribution in [2.75, 3.05) is 11.9 Å². The van der Waals surface area contributed by atoms with Crippen molar-refractivity contribution in [3.05, 3.63) is 75.5 Å². The fourth-order valence-corrected chi connectivity index (χ4v) is 3.54. The van der Waals surface area contributed by atoms with Crippen LogP contribution in [0.1, 0.15) is 32.9 Å². The number of ether oxygens (including phenoxy) is 1. The van der Waals surface area contributed by atoms with Gasteiger partial charge in [-0.15, -0.1) is 11.3 Å². The highest BCUT2D eigenvalue weighted by molar-refractivity contribution is 7.14. The summed E-state index contributed by atoms with van der Waals surface area (Å²) in [6.45, 7) is 4.23. The van der Waals surface area contributed by atoms with Gasteiger partial charge >= 0.3 is 0 Å². The number of thiazole rings is 1. The number of benzene rings is 2. The minimum Gasteiger partial charge on any atom is -0.492 e. The number of aromatic nitrogens is 1. The number of hydrogen-bond donors (Lipinski definition) is 1. The van der Waals surface area contributed by atoms with Gasteiger partial charge in [0, 0.05) is 6.42 Å². The van der Waals surface area contributed by atoms with Gasteiger partial charge in [0.25, 0.3) is 5.91 Å². The van der Waals surface area contributed by atoms with Crippen molar-refractivity contribution in [2.45, 2.75) is 20.3 Å². The SMILES string of the molecule is CCOc1ccccc1NC(=O)c1sc(Cc2ccc(F)cc2)nc1C. The molecule has 1 N–H and O–H groups in total. The molecular weight excluding hydrogens is 351 g/mol. The third-order valence-corrected chi connectivity index (χ3v) is 4.91. The summed E-state index contributed by atoms with van der Waals surface area (Å²) in [5.41, 5.74) is 2.26. The first kappa shape index (κ1) is 18.1. The maximum absolute atomic E-state index is 13.0. The van der Waals surface area contributed by atoms with Crippen molar-refractivity contribution in [3.8, 4) is 5.75 Å². The Balaban J connectivity index is 1.76. The molecule has 0 saturated heterocycles. The molecule has 134 valence electrons. The quantitative estimate of drug-likeness (QED) is 0.676. The summed E-state index contributed by atoms with van der Waals surface area (Å²) in [4.78, 5) is 17.7. The molecule has 0 radical (unpaired) electrons. The highest BCUT2D eigenvalue weighted by atomic mass is 32.1. The molecule has 0 aliphatic rings. The molecule has 6 heteroatoms. The predicted molar refractivity (Wildman–Crippen MR) is 102 cm³/mol. The Morgan fingerprint density at radius 3 is 2.65 bits per heavy atom. The average Bonchev–Trinajstić information content (AvgIpc) is 2.99. The standard InChI is InChI=1S/C20H19FN2O2S/c1-3-25-17-7-5-4-6-16(17)23-20(24)19-13(2)22-18(26-19)12-14-8-10-15(21)11-9-14/h4-11H,3,12H2,1-2H3,(H,23,24). The van der Waals surface area contributed by atoms with E-state index in [2.05, 4.69) is 10.3 Å². The largest absolute Gasteiger partial charge is 0.492 e. The molecule has 0 atom stereocenters. The van der Waals surface area contributed by atoms with Crippen molar-refractivity contribution in [1.29, 1.82) is 0 Å². The number of para-hydroxylation sites is 2. The maximum atomic E-state index is 13.0. The van der Waals surface area contributed by atoms with Crippen molar-refractivity contribution in [3.63, 3.8) is 0 Å². The van der Waals surface area contributed by atoms with E-state index in [1.165, 1.54) is 23.5 Å². The Bertz CT molecular complexity index is 906. The number of rotatable bonds is 6. The monoisotopic (exact) mass is 370 g/mol. The van der Waals surface area contributed by atoms with E-state index >= 15 is 0 Å². The van der Waals surface area contributed by atoms with Gasteiger partial charge in [0.1, 0.15) is 16.4 Å². The summed E-state index contributed by atoms with van der Waals surface area (Å²) in [6.07, 6.45) is 0.564. The molecule has 0 spiro atoms. The van der Waals surface area contributed by atoms with Crippen LogP contribution >= 0.6 is 11.3 Å². The van der Waals surface area contributed by atoms with Gasteiger partial charge in [-0.2, -0.15) is 0 Å². The van der Waals surface area contributed by atoms with Gasteiger partial charge in [-0.3, -0.25) is 4.79 Å². The lowest BCUT2D eigenvalue weighted by molar-refractivity contribution is 0.102. The van der Waals surface area contributed by atoms with E-state index in [4.69, 9.17) is 4.74 Å². The van der Waals surface area contributed by atoms with Crippen LogP contribution in [-0.2, 0) is 6.42 Å². The summed E-state index contributed by atoms with van der Waals surface area (Å²) in [5, 5.41) is 3.71. The number of carbonyl (C=O) groups excluding carboxylic acids is 1. The Hall–Kier alpha value is -2.73. The highest BCUT2D eigenvalue weighted by Gasteiger charge is 2.17. The molecular formula is C20H19FN2O2S.